The van der Waals surface area contributed by atoms with E-state index >= 15 is 0 Å². The molecule has 1 rings (SSSR count). The molecule has 11 heteroatoms. The number of primary amides is 1. The van der Waals surface area contributed by atoms with Gasteiger partial charge in [-0.3, -0.25) is 4.79 Å². The molecule has 10 nitrogen and oxygen atoms in total. The van der Waals surface area contributed by atoms with E-state index in [-0.39, 0.29) is 18.1 Å². The molecular weight excluding hydrogens is 500 g/mol. The molecule has 2 unspecified atom stereocenters. The molecule has 1 fully saturated rings. The number of rotatable bonds is 22. The Morgan fingerprint density at radius 1 is 0.892 bits per heavy atom. The minimum absolute atomic E-state index is 0.0188. The van der Waals surface area contributed by atoms with Gasteiger partial charge in [-0.15, -0.1) is 11.8 Å². The van der Waals surface area contributed by atoms with Gasteiger partial charge in [0.25, 0.3) is 0 Å². The van der Waals surface area contributed by atoms with Crippen LogP contribution in [-0.4, -0.2) is 98.5 Å². The number of unbranched alkanes of at least 4 members (excludes halogenated alkanes) is 11. The fourth-order valence-corrected chi connectivity index (χ4v) is 5.25. The largest absolute Gasteiger partial charge is 0.390 e. The van der Waals surface area contributed by atoms with Crippen molar-refractivity contribution in [1.29, 1.82) is 0 Å². The molecular formula is C26H52N2O8S. The number of aliphatic hydroxyl groups is 5. The molecule has 0 aliphatic carbocycles. The van der Waals surface area contributed by atoms with Gasteiger partial charge in [0.2, 0.25) is 5.91 Å². The lowest BCUT2D eigenvalue weighted by atomic mass is 9.99. The Morgan fingerprint density at radius 2 is 1.43 bits per heavy atom. The summed E-state index contributed by atoms with van der Waals surface area (Å²) in [5.41, 5.74) is 11.1. The summed E-state index contributed by atoms with van der Waals surface area (Å²) in [4.78, 5) is 10.9. The first kappa shape index (κ1) is 34.5. The van der Waals surface area contributed by atoms with Gasteiger partial charge in [0.1, 0.15) is 18.3 Å². The molecule has 1 heterocycles. The van der Waals surface area contributed by atoms with Crippen molar-refractivity contribution in [2.24, 2.45) is 11.5 Å². The topological polar surface area (TPSA) is 189 Å². The maximum Gasteiger partial charge on any atom is 0.227 e. The number of nitrogens with two attached hydrogens (primary N) is 2. The number of hydrogen-bond acceptors (Lipinski definition) is 10. The third-order valence-corrected chi connectivity index (χ3v) is 7.89. The van der Waals surface area contributed by atoms with Gasteiger partial charge in [-0.25, -0.2) is 0 Å². The molecule has 37 heavy (non-hydrogen) atoms. The predicted molar refractivity (Wildman–Crippen MR) is 145 cm³/mol. The Bertz CT molecular complexity index is 591. The van der Waals surface area contributed by atoms with Crippen molar-refractivity contribution in [2.75, 3.05) is 18.1 Å². The van der Waals surface area contributed by atoms with Crippen LogP contribution in [0, 0.1) is 0 Å². The van der Waals surface area contributed by atoms with Gasteiger partial charge in [0, 0.05) is 5.75 Å². The number of carbonyl (C=O) groups excluding carboxylic acids is 1. The summed E-state index contributed by atoms with van der Waals surface area (Å²) in [6.07, 6.45) is 6.19. The quantitative estimate of drug-likeness (QED) is 0.0960. The van der Waals surface area contributed by atoms with Crippen molar-refractivity contribution in [1.82, 2.24) is 0 Å². The van der Waals surface area contributed by atoms with Crippen LogP contribution in [0.3, 0.4) is 0 Å². The van der Waals surface area contributed by atoms with Crippen molar-refractivity contribution in [2.45, 2.75) is 139 Å². The van der Waals surface area contributed by atoms with Crippen LogP contribution >= 0.6 is 11.8 Å². The summed E-state index contributed by atoms with van der Waals surface area (Å²) in [7, 11) is 0. The maximum atomic E-state index is 10.9. The van der Waals surface area contributed by atoms with Gasteiger partial charge >= 0.3 is 0 Å². The minimum atomic E-state index is -1.53. The van der Waals surface area contributed by atoms with Crippen molar-refractivity contribution < 1.29 is 39.8 Å². The molecule has 0 aromatic carbocycles. The van der Waals surface area contributed by atoms with E-state index in [1.54, 1.807) is 0 Å². The smallest absolute Gasteiger partial charge is 0.227 e. The molecule has 0 radical (unpaired) electrons. The highest BCUT2D eigenvalue weighted by atomic mass is 32.2. The fourth-order valence-electron chi connectivity index (χ4n) is 4.42. The molecule has 1 aliphatic rings. The van der Waals surface area contributed by atoms with Crippen molar-refractivity contribution in [3.8, 4) is 0 Å². The van der Waals surface area contributed by atoms with Gasteiger partial charge in [0.05, 0.1) is 36.7 Å². The van der Waals surface area contributed by atoms with E-state index in [1.165, 1.54) is 57.8 Å². The molecule has 1 saturated heterocycles. The zero-order valence-corrected chi connectivity index (χ0v) is 23.3. The van der Waals surface area contributed by atoms with Crippen molar-refractivity contribution in [3.63, 3.8) is 0 Å². The van der Waals surface area contributed by atoms with Gasteiger partial charge in [-0.05, 0) is 6.42 Å². The molecule has 0 saturated carbocycles. The number of ether oxygens (including phenoxy) is 2. The fraction of sp³-hybridized carbons (Fsp3) is 0.962. The number of aliphatic hydroxyl groups excluding tert-OH is 5. The lowest BCUT2D eigenvalue weighted by Gasteiger charge is -2.40. The first-order chi connectivity index (χ1) is 17.7. The summed E-state index contributed by atoms with van der Waals surface area (Å²) in [6, 6.07) is -0.935. The number of carbonyl (C=O) groups is 1. The SMILES string of the molecule is CCCCCCCCCCCCCC[C@@H](O)[C@@H](O)[C@@H](N)CO[C@H]1OC(CSCC(N)=O)[C@H](O)C(O)[C@@H]1O. The lowest BCUT2D eigenvalue weighted by molar-refractivity contribution is -0.294. The van der Waals surface area contributed by atoms with Crippen LogP contribution in [0.5, 0.6) is 0 Å². The molecule has 0 spiro atoms. The molecule has 1 amide bonds. The number of amides is 1. The minimum Gasteiger partial charge on any atom is -0.390 e. The summed E-state index contributed by atoms with van der Waals surface area (Å²) >= 11 is 1.12. The van der Waals surface area contributed by atoms with E-state index in [1.807, 2.05) is 0 Å². The zero-order valence-electron chi connectivity index (χ0n) is 22.5. The Balaban J connectivity index is 2.22. The van der Waals surface area contributed by atoms with Gasteiger partial charge in [-0.1, -0.05) is 84.0 Å². The first-order valence-electron chi connectivity index (χ1n) is 14.0. The molecule has 220 valence electrons. The Labute approximate surface area is 226 Å². The third kappa shape index (κ3) is 14.5. The van der Waals surface area contributed by atoms with Crippen LogP contribution in [0.25, 0.3) is 0 Å². The van der Waals surface area contributed by atoms with Gasteiger partial charge in [0.15, 0.2) is 6.29 Å². The molecule has 0 bridgehead atoms. The highest BCUT2D eigenvalue weighted by molar-refractivity contribution is 7.99. The molecule has 0 aromatic heterocycles. The Morgan fingerprint density at radius 3 is 1.97 bits per heavy atom. The normalized spacial score (nSPS) is 26.6. The van der Waals surface area contributed by atoms with E-state index in [2.05, 4.69) is 6.92 Å². The number of thioether (sulfide) groups is 1. The second-order valence-electron chi connectivity index (χ2n) is 10.2. The molecule has 8 atom stereocenters. The molecule has 9 N–H and O–H groups in total. The number of hydrogen-bond donors (Lipinski definition) is 7. The molecule has 1 aliphatic heterocycles. The highest BCUT2D eigenvalue weighted by Gasteiger charge is 2.44. The van der Waals surface area contributed by atoms with Crippen LogP contribution in [0.1, 0.15) is 90.4 Å². The maximum absolute atomic E-state index is 10.9. The van der Waals surface area contributed by atoms with E-state index in [4.69, 9.17) is 20.9 Å². The van der Waals surface area contributed by atoms with Crippen LogP contribution < -0.4 is 11.5 Å². The van der Waals surface area contributed by atoms with Crippen molar-refractivity contribution >= 4 is 17.7 Å². The third-order valence-electron chi connectivity index (χ3n) is 6.83. The van der Waals surface area contributed by atoms with E-state index in [0.717, 1.165) is 31.0 Å². The van der Waals surface area contributed by atoms with E-state index in [0.29, 0.717) is 6.42 Å². The van der Waals surface area contributed by atoms with Crippen molar-refractivity contribution in [3.05, 3.63) is 0 Å². The first-order valence-corrected chi connectivity index (χ1v) is 15.1. The summed E-state index contributed by atoms with van der Waals surface area (Å²) in [5, 5.41) is 51.1. The standard InChI is InChI=1S/C26H52N2O8S/c1-2-3-4-5-6-7-8-9-10-11-12-13-14-19(29)22(31)18(27)15-35-26-25(34)24(33)23(32)20(36-26)16-37-17-21(28)30/h18-20,22-26,29,31-34H,2-17,27H2,1H3,(H2,28,30)/t18-,19+,20?,22-,23-,24?,25-,26-/m0/s1. The summed E-state index contributed by atoms with van der Waals surface area (Å²) < 4.78 is 11.0. The zero-order chi connectivity index (χ0) is 27.6. The molecule has 0 aromatic rings. The Kier molecular flexibility index (Phi) is 19.0. The Hall–Kier alpha value is -0.500. The van der Waals surface area contributed by atoms with Crippen LogP contribution in [0.4, 0.5) is 0 Å². The second kappa shape index (κ2) is 20.4. The van der Waals surface area contributed by atoms with Crippen LogP contribution in [-0.2, 0) is 14.3 Å². The van der Waals surface area contributed by atoms with Gasteiger partial charge < -0.3 is 46.5 Å². The monoisotopic (exact) mass is 552 g/mol. The highest BCUT2D eigenvalue weighted by Crippen LogP contribution is 2.25. The predicted octanol–water partition coefficient (Wildman–Crippen LogP) is 1.17. The lowest BCUT2D eigenvalue weighted by Crippen LogP contribution is -2.59. The average Bonchev–Trinajstić information content (AvgIpc) is 2.87. The van der Waals surface area contributed by atoms with Crippen LogP contribution in [0.15, 0.2) is 0 Å². The van der Waals surface area contributed by atoms with E-state index < -0.39 is 54.9 Å². The summed E-state index contributed by atoms with van der Waals surface area (Å²) in [6.45, 7) is 2.00. The van der Waals surface area contributed by atoms with Crippen LogP contribution in [0.2, 0.25) is 0 Å². The van der Waals surface area contributed by atoms with Gasteiger partial charge in [-0.2, -0.15) is 0 Å². The average molecular weight is 553 g/mol. The second-order valence-corrected chi connectivity index (χ2v) is 11.3. The summed E-state index contributed by atoms with van der Waals surface area (Å²) in [5.74, 6) is -0.351. The van der Waals surface area contributed by atoms with E-state index in [9.17, 15) is 30.3 Å².